The van der Waals surface area contributed by atoms with Crippen LogP contribution in [0.1, 0.15) is 13.8 Å². The number of halogens is 1. The second kappa shape index (κ2) is 6.02. The van der Waals surface area contributed by atoms with Gasteiger partial charge in [-0.25, -0.2) is 0 Å². The van der Waals surface area contributed by atoms with Gasteiger partial charge in [-0.3, -0.25) is 4.99 Å². The van der Waals surface area contributed by atoms with E-state index in [1.807, 2.05) is 27.9 Å². The number of nitrogens with zero attached hydrogens (tertiary/aromatic N) is 3. The molecule has 0 saturated heterocycles. The van der Waals surface area contributed by atoms with E-state index in [4.69, 9.17) is 11.0 Å². The van der Waals surface area contributed by atoms with Gasteiger partial charge >= 0.3 is 0 Å². The minimum atomic E-state index is -0.430. The average Bonchev–Trinajstić information content (AvgIpc) is 2.00. The molecule has 13 heavy (non-hydrogen) atoms. The summed E-state index contributed by atoms with van der Waals surface area (Å²) >= 11 is 0. The van der Waals surface area contributed by atoms with Gasteiger partial charge in [-0.1, -0.05) is 0 Å². The predicted molar refractivity (Wildman–Crippen MR) is 65.0 cm³/mol. The molecule has 0 amide bonds. The number of rotatable bonds is 2. The third kappa shape index (κ3) is 6.63. The van der Waals surface area contributed by atoms with E-state index in [1.54, 1.807) is 4.90 Å². The third-order valence-electron chi connectivity index (χ3n) is 1.40. The first-order valence-electron chi connectivity index (χ1n) is 3.77. The fourth-order valence-corrected chi connectivity index (χ4v) is 0.455. The molecular formula is C8H17IN4. The Kier molecular flexibility index (Phi) is 6.94. The molecule has 0 aliphatic carbocycles. The van der Waals surface area contributed by atoms with Gasteiger partial charge in [0, 0.05) is 14.1 Å². The van der Waals surface area contributed by atoms with Crippen molar-refractivity contribution < 1.29 is 0 Å². The van der Waals surface area contributed by atoms with E-state index >= 15 is 0 Å². The Morgan fingerprint density at radius 1 is 1.54 bits per heavy atom. The quantitative estimate of drug-likeness (QED) is 0.470. The Balaban J connectivity index is 0. The summed E-state index contributed by atoms with van der Waals surface area (Å²) in [5.74, 6) is 0.457. The first kappa shape index (κ1) is 15.0. The van der Waals surface area contributed by atoms with Crippen LogP contribution in [-0.4, -0.2) is 31.5 Å². The molecule has 0 heterocycles. The van der Waals surface area contributed by atoms with Crippen LogP contribution in [-0.2, 0) is 0 Å². The molecule has 0 fully saturated rings. The molecule has 0 aliphatic rings. The zero-order valence-electron chi connectivity index (χ0n) is 8.53. The fraction of sp³-hybridized carbons (Fsp3) is 0.750. The van der Waals surface area contributed by atoms with Crippen LogP contribution in [0.3, 0.4) is 0 Å². The molecule has 0 unspecified atom stereocenters. The maximum absolute atomic E-state index is 8.67. The molecular weight excluding hydrogens is 279 g/mol. The Morgan fingerprint density at radius 3 is 2.31 bits per heavy atom. The fourth-order valence-electron chi connectivity index (χ4n) is 0.455. The highest BCUT2D eigenvalue weighted by molar-refractivity contribution is 14.0. The third-order valence-corrected chi connectivity index (χ3v) is 1.40. The van der Waals surface area contributed by atoms with Crippen molar-refractivity contribution in [1.82, 2.24) is 4.90 Å². The molecule has 0 saturated carbocycles. The van der Waals surface area contributed by atoms with Crippen molar-refractivity contribution in [3.05, 3.63) is 0 Å². The largest absolute Gasteiger partial charge is 0.370 e. The van der Waals surface area contributed by atoms with Crippen molar-refractivity contribution in [2.75, 3.05) is 20.6 Å². The van der Waals surface area contributed by atoms with Crippen LogP contribution in [0.4, 0.5) is 0 Å². The molecule has 4 nitrogen and oxygen atoms in total. The summed E-state index contributed by atoms with van der Waals surface area (Å²) in [4.78, 5) is 5.78. The predicted octanol–water partition coefficient (Wildman–Crippen LogP) is 1.03. The van der Waals surface area contributed by atoms with Crippen LogP contribution in [0.25, 0.3) is 0 Å². The summed E-state index contributed by atoms with van der Waals surface area (Å²) in [7, 11) is 3.64. The molecule has 5 heteroatoms. The minimum absolute atomic E-state index is 0. The monoisotopic (exact) mass is 296 g/mol. The van der Waals surface area contributed by atoms with E-state index in [2.05, 4.69) is 11.1 Å². The Bertz CT molecular complexity index is 215. The number of hydrogen-bond acceptors (Lipinski definition) is 2. The van der Waals surface area contributed by atoms with Gasteiger partial charge in [-0.05, 0) is 13.8 Å². The molecule has 0 atom stereocenters. The second-order valence-electron chi connectivity index (χ2n) is 3.56. The van der Waals surface area contributed by atoms with E-state index in [9.17, 15) is 0 Å². The number of nitrogens with two attached hydrogens (primary N) is 1. The number of nitriles is 1. The highest BCUT2D eigenvalue weighted by Crippen LogP contribution is 2.12. The molecule has 0 aromatic rings. The van der Waals surface area contributed by atoms with Crippen molar-refractivity contribution >= 4 is 29.9 Å². The van der Waals surface area contributed by atoms with Crippen LogP contribution in [0, 0.1) is 16.7 Å². The lowest BCUT2D eigenvalue weighted by molar-refractivity contribution is 0.503. The molecule has 0 rings (SSSR count). The summed E-state index contributed by atoms with van der Waals surface area (Å²) in [5.41, 5.74) is 5.11. The number of aliphatic imine (C=N–C) groups is 1. The van der Waals surface area contributed by atoms with E-state index in [0.29, 0.717) is 12.5 Å². The van der Waals surface area contributed by atoms with Gasteiger partial charge in [0.25, 0.3) is 0 Å². The van der Waals surface area contributed by atoms with Gasteiger partial charge in [-0.2, -0.15) is 5.26 Å². The SMILES string of the molecule is CN(C)C(N)=NCC(C)(C)C#N.I. The molecule has 0 aliphatic heterocycles. The maximum atomic E-state index is 8.67. The van der Waals surface area contributed by atoms with Crippen LogP contribution in [0.2, 0.25) is 0 Å². The van der Waals surface area contributed by atoms with Gasteiger partial charge in [0.05, 0.1) is 18.0 Å². The summed E-state index contributed by atoms with van der Waals surface area (Å²) in [6.45, 7) is 4.10. The van der Waals surface area contributed by atoms with Crippen molar-refractivity contribution in [2.24, 2.45) is 16.1 Å². The summed E-state index contributed by atoms with van der Waals surface area (Å²) in [6.07, 6.45) is 0. The van der Waals surface area contributed by atoms with E-state index in [1.165, 1.54) is 0 Å². The van der Waals surface area contributed by atoms with Crippen molar-refractivity contribution in [2.45, 2.75) is 13.8 Å². The normalized spacial score (nSPS) is 11.5. The summed E-state index contributed by atoms with van der Waals surface area (Å²) < 4.78 is 0. The molecule has 76 valence electrons. The van der Waals surface area contributed by atoms with Crippen LogP contribution in [0.5, 0.6) is 0 Å². The van der Waals surface area contributed by atoms with E-state index < -0.39 is 5.41 Å². The minimum Gasteiger partial charge on any atom is -0.370 e. The van der Waals surface area contributed by atoms with Gasteiger partial charge in [-0.15, -0.1) is 24.0 Å². The zero-order chi connectivity index (χ0) is 9.78. The molecule has 0 spiro atoms. The second-order valence-corrected chi connectivity index (χ2v) is 3.56. The number of hydrogen-bond donors (Lipinski definition) is 1. The van der Waals surface area contributed by atoms with Crippen molar-refractivity contribution in [3.63, 3.8) is 0 Å². The average molecular weight is 296 g/mol. The Labute approximate surface area is 96.8 Å². The lowest BCUT2D eigenvalue weighted by atomic mass is 9.96. The van der Waals surface area contributed by atoms with Crippen LogP contribution >= 0.6 is 24.0 Å². The van der Waals surface area contributed by atoms with Gasteiger partial charge < -0.3 is 10.6 Å². The maximum Gasteiger partial charge on any atom is 0.190 e. The smallest absolute Gasteiger partial charge is 0.190 e. The van der Waals surface area contributed by atoms with Gasteiger partial charge in [0.15, 0.2) is 5.96 Å². The molecule has 0 bridgehead atoms. The Hall–Kier alpha value is -0.510. The van der Waals surface area contributed by atoms with Gasteiger partial charge in [0.2, 0.25) is 0 Å². The van der Waals surface area contributed by atoms with E-state index in [-0.39, 0.29) is 24.0 Å². The standard InChI is InChI=1S/C8H16N4.HI/c1-8(2,5-9)6-11-7(10)12(3)4;/h6H2,1-4H3,(H2,10,11);1H. The summed E-state index contributed by atoms with van der Waals surface area (Å²) in [5, 5.41) is 8.67. The van der Waals surface area contributed by atoms with Gasteiger partial charge in [0.1, 0.15) is 0 Å². The zero-order valence-corrected chi connectivity index (χ0v) is 10.9. The lowest BCUT2D eigenvalue weighted by Crippen LogP contribution is -2.31. The van der Waals surface area contributed by atoms with Crippen molar-refractivity contribution in [3.8, 4) is 6.07 Å². The first-order chi connectivity index (χ1) is 5.39. The summed E-state index contributed by atoms with van der Waals surface area (Å²) in [6, 6.07) is 2.15. The highest BCUT2D eigenvalue weighted by Gasteiger charge is 2.15. The highest BCUT2D eigenvalue weighted by atomic mass is 127. The molecule has 2 N–H and O–H groups in total. The molecule has 0 radical (unpaired) electrons. The van der Waals surface area contributed by atoms with Crippen LogP contribution < -0.4 is 5.73 Å². The topological polar surface area (TPSA) is 65.4 Å². The van der Waals surface area contributed by atoms with Crippen molar-refractivity contribution in [1.29, 1.82) is 5.26 Å². The Morgan fingerprint density at radius 2 is 2.00 bits per heavy atom. The lowest BCUT2D eigenvalue weighted by Gasteiger charge is -2.14. The molecule has 0 aromatic carbocycles. The van der Waals surface area contributed by atoms with E-state index in [0.717, 1.165) is 0 Å². The van der Waals surface area contributed by atoms with Crippen LogP contribution in [0.15, 0.2) is 4.99 Å². The first-order valence-corrected chi connectivity index (χ1v) is 3.77. The number of guanidine groups is 1. The molecule has 0 aromatic heterocycles.